The molecule has 0 atom stereocenters. The molecule has 0 saturated heterocycles. The van der Waals surface area contributed by atoms with Crippen LogP contribution in [0.15, 0.2) is 49.1 Å². The van der Waals surface area contributed by atoms with Crippen molar-refractivity contribution in [2.75, 3.05) is 0 Å². The topological polar surface area (TPSA) is 0 Å². The van der Waals surface area contributed by atoms with E-state index >= 15 is 0 Å². The molecular formula is C22H38. The van der Waals surface area contributed by atoms with E-state index < -0.39 is 0 Å². The summed E-state index contributed by atoms with van der Waals surface area (Å²) < 4.78 is 0. The summed E-state index contributed by atoms with van der Waals surface area (Å²) in [5.74, 6) is 0. The maximum absolute atomic E-state index is 3.65. The molecule has 0 radical (unpaired) electrons. The van der Waals surface area contributed by atoms with Crippen LogP contribution in [0, 0.1) is 0 Å². The van der Waals surface area contributed by atoms with Crippen molar-refractivity contribution >= 4 is 0 Å². The number of allylic oxidation sites excluding steroid dienone is 7. The first-order valence-electron chi connectivity index (χ1n) is 9.49. The highest BCUT2D eigenvalue weighted by molar-refractivity contribution is 5.02. The zero-order valence-corrected chi connectivity index (χ0v) is 14.9. The van der Waals surface area contributed by atoms with Gasteiger partial charge in [-0.2, -0.15) is 0 Å². The lowest BCUT2D eigenvalue weighted by atomic mass is 10.1. The number of unbranched alkanes of at least 4 members (excludes halogenated alkanes) is 10. The zero-order chi connectivity index (χ0) is 16.1. The SMILES string of the molecule is C=C/C=C\C/C=C\C/C=C\CCCCCCCCCCCC. The predicted molar refractivity (Wildman–Crippen MR) is 103 cm³/mol. The van der Waals surface area contributed by atoms with Gasteiger partial charge in [-0.3, -0.25) is 0 Å². The fraction of sp³-hybridized carbons (Fsp3) is 0.636. The van der Waals surface area contributed by atoms with Crippen molar-refractivity contribution in [3.63, 3.8) is 0 Å². The second kappa shape index (κ2) is 20.0. The summed E-state index contributed by atoms with van der Waals surface area (Å²) in [6.45, 7) is 5.94. The molecule has 0 N–H and O–H groups in total. The lowest BCUT2D eigenvalue weighted by Gasteiger charge is -2.01. The van der Waals surface area contributed by atoms with Gasteiger partial charge in [-0.1, -0.05) is 114 Å². The Hall–Kier alpha value is -1.04. The van der Waals surface area contributed by atoms with Crippen molar-refractivity contribution in [1.29, 1.82) is 0 Å². The second-order valence-corrected chi connectivity index (χ2v) is 6.05. The van der Waals surface area contributed by atoms with Gasteiger partial charge in [0.05, 0.1) is 0 Å². The smallest absolute Gasteiger partial charge is 0.0166 e. The monoisotopic (exact) mass is 302 g/mol. The first-order valence-corrected chi connectivity index (χ1v) is 9.49. The molecule has 0 aromatic rings. The molecule has 0 rings (SSSR count). The van der Waals surface area contributed by atoms with E-state index in [-0.39, 0.29) is 0 Å². The minimum absolute atomic E-state index is 1.01. The Kier molecular flexibility index (Phi) is 19.0. The summed E-state index contributed by atoms with van der Waals surface area (Å²) in [5, 5.41) is 0. The van der Waals surface area contributed by atoms with Gasteiger partial charge in [0.1, 0.15) is 0 Å². The number of rotatable bonds is 16. The van der Waals surface area contributed by atoms with Crippen molar-refractivity contribution in [2.24, 2.45) is 0 Å². The Labute approximate surface area is 140 Å². The van der Waals surface area contributed by atoms with Crippen LogP contribution < -0.4 is 0 Å². The van der Waals surface area contributed by atoms with Gasteiger partial charge >= 0.3 is 0 Å². The molecule has 0 saturated carbocycles. The van der Waals surface area contributed by atoms with Gasteiger partial charge in [-0.25, -0.2) is 0 Å². The Bertz CT molecular complexity index is 293. The van der Waals surface area contributed by atoms with E-state index in [0.717, 1.165) is 12.8 Å². The fourth-order valence-electron chi connectivity index (χ4n) is 2.49. The standard InChI is InChI=1S/C22H38/c1-3-5-7-9-11-13-15-17-19-21-22-20-18-16-14-12-10-8-6-4-2/h3,5,7,11,13,17,19H,1,4,6,8-10,12,14-16,18,20-22H2,2H3/b7-5-,13-11-,19-17-. The molecule has 126 valence electrons. The van der Waals surface area contributed by atoms with Gasteiger partial charge in [0, 0.05) is 0 Å². The highest BCUT2D eigenvalue weighted by atomic mass is 14.0. The Morgan fingerprint density at radius 3 is 1.68 bits per heavy atom. The van der Waals surface area contributed by atoms with Crippen molar-refractivity contribution in [3.8, 4) is 0 Å². The van der Waals surface area contributed by atoms with Crippen LogP contribution in [-0.2, 0) is 0 Å². The zero-order valence-electron chi connectivity index (χ0n) is 14.9. The van der Waals surface area contributed by atoms with E-state index in [1.54, 1.807) is 0 Å². The molecule has 0 aromatic carbocycles. The lowest BCUT2D eigenvalue weighted by Crippen LogP contribution is -1.81. The van der Waals surface area contributed by atoms with Gasteiger partial charge in [0.25, 0.3) is 0 Å². The van der Waals surface area contributed by atoms with E-state index in [9.17, 15) is 0 Å². The maximum Gasteiger partial charge on any atom is -0.0166 e. The summed E-state index contributed by atoms with van der Waals surface area (Å²) in [5.41, 5.74) is 0. The quantitative estimate of drug-likeness (QED) is 0.154. The molecule has 0 spiro atoms. The highest BCUT2D eigenvalue weighted by Crippen LogP contribution is 2.11. The van der Waals surface area contributed by atoms with Crippen LogP contribution in [-0.4, -0.2) is 0 Å². The van der Waals surface area contributed by atoms with Gasteiger partial charge in [-0.15, -0.1) is 0 Å². The molecule has 0 aromatic heterocycles. The average molecular weight is 303 g/mol. The first-order chi connectivity index (χ1) is 10.9. The first kappa shape index (κ1) is 21.0. The van der Waals surface area contributed by atoms with Gasteiger partial charge in [-0.05, 0) is 25.7 Å². The third-order valence-electron chi connectivity index (χ3n) is 3.87. The van der Waals surface area contributed by atoms with Crippen LogP contribution in [0.2, 0.25) is 0 Å². The van der Waals surface area contributed by atoms with Crippen molar-refractivity contribution in [2.45, 2.75) is 90.4 Å². The molecule has 22 heavy (non-hydrogen) atoms. The largest absolute Gasteiger partial charge is 0.0991 e. The van der Waals surface area contributed by atoms with Gasteiger partial charge < -0.3 is 0 Å². The van der Waals surface area contributed by atoms with Crippen LogP contribution in [0.1, 0.15) is 90.4 Å². The van der Waals surface area contributed by atoms with E-state index in [2.05, 4.69) is 43.9 Å². The van der Waals surface area contributed by atoms with Crippen LogP contribution in [0.4, 0.5) is 0 Å². The summed E-state index contributed by atoms with van der Waals surface area (Å²) in [7, 11) is 0. The molecule has 0 aliphatic heterocycles. The lowest BCUT2D eigenvalue weighted by molar-refractivity contribution is 0.557. The van der Waals surface area contributed by atoms with E-state index in [0.29, 0.717) is 0 Å². The van der Waals surface area contributed by atoms with E-state index in [1.165, 1.54) is 70.6 Å². The third kappa shape index (κ3) is 19.0. The highest BCUT2D eigenvalue weighted by Gasteiger charge is 1.91. The molecule has 0 fully saturated rings. The molecule has 0 bridgehead atoms. The van der Waals surface area contributed by atoms with Crippen LogP contribution in [0.5, 0.6) is 0 Å². The van der Waals surface area contributed by atoms with Crippen molar-refractivity contribution < 1.29 is 0 Å². The molecule has 0 amide bonds. The predicted octanol–water partition coefficient (Wildman–Crippen LogP) is 7.93. The number of hydrogen-bond donors (Lipinski definition) is 0. The molecule has 0 aliphatic carbocycles. The van der Waals surface area contributed by atoms with Crippen LogP contribution in [0.25, 0.3) is 0 Å². The average Bonchev–Trinajstić information content (AvgIpc) is 2.54. The molecule has 0 heterocycles. The molecule has 0 unspecified atom stereocenters. The summed E-state index contributed by atoms with van der Waals surface area (Å²) in [6, 6.07) is 0. The van der Waals surface area contributed by atoms with E-state index in [4.69, 9.17) is 0 Å². The fourth-order valence-corrected chi connectivity index (χ4v) is 2.49. The maximum atomic E-state index is 3.65. The van der Waals surface area contributed by atoms with Gasteiger partial charge in [0.15, 0.2) is 0 Å². The Morgan fingerprint density at radius 2 is 1.09 bits per heavy atom. The second-order valence-electron chi connectivity index (χ2n) is 6.05. The summed E-state index contributed by atoms with van der Waals surface area (Å²) in [4.78, 5) is 0. The molecule has 0 aliphatic rings. The van der Waals surface area contributed by atoms with Crippen molar-refractivity contribution in [1.82, 2.24) is 0 Å². The van der Waals surface area contributed by atoms with Crippen LogP contribution >= 0.6 is 0 Å². The molecular weight excluding hydrogens is 264 g/mol. The number of hydrogen-bond acceptors (Lipinski definition) is 0. The molecule has 0 nitrogen and oxygen atoms in total. The van der Waals surface area contributed by atoms with Gasteiger partial charge in [0.2, 0.25) is 0 Å². The third-order valence-corrected chi connectivity index (χ3v) is 3.87. The van der Waals surface area contributed by atoms with Crippen LogP contribution in [0.3, 0.4) is 0 Å². The summed E-state index contributed by atoms with van der Waals surface area (Å²) in [6.07, 6.45) is 32.6. The Morgan fingerprint density at radius 1 is 0.591 bits per heavy atom. The normalized spacial score (nSPS) is 12.0. The molecule has 0 heteroatoms. The minimum atomic E-state index is 1.01. The minimum Gasteiger partial charge on any atom is -0.0991 e. The Balaban J connectivity index is 3.17. The summed E-state index contributed by atoms with van der Waals surface area (Å²) >= 11 is 0. The van der Waals surface area contributed by atoms with Crippen molar-refractivity contribution in [3.05, 3.63) is 49.1 Å². The van der Waals surface area contributed by atoms with E-state index in [1.807, 2.05) is 12.2 Å².